The molecule has 2 atom stereocenters. The van der Waals surface area contributed by atoms with E-state index in [1.807, 2.05) is 6.07 Å². The molecule has 2 aliphatic heterocycles. The molecule has 5 rings (SSSR count). The fourth-order valence-corrected chi connectivity index (χ4v) is 6.10. The third-order valence-electron chi connectivity index (χ3n) is 7.52. The van der Waals surface area contributed by atoms with E-state index in [9.17, 15) is 0 Å². The Balaban J connectivity index is 1.49. The molecule has 1 unspecified atom stereocenters. The molecule has 0 radical (unpaired) electrons. The number of ether oxygens (including phenoxy) is 2. The van der Waals surface area contributed by atoms with Gasteiger partial charge in [-0.3, -0.25) is 9.80 Å². The first-order chi connectivity index (χ1) is 17.1. The second-order valence-electron chi connectivity index (χ2n) is 10.2. The summed E-state index contributed by atoms with van der Waals surface area (Å²) in [5.74, 6) is 2.19. The summed E-state index contributed by atoms with van der Waals surface area (Å²) in [5, 5.41) is 0. The van der Waals surface area contributed by atoms with Gasteiger partial charge < -0.3 is 9.47 Å². The van der Waals surface area contributed by atoms with Crippen molar-refractivity contribution in [1.29, 1.82) is 0 Å². The molecule has 0 saturated carbocycles. The number of piperazine rings is 1. The molecule has 2 saturated heterocycles. The number of fused-ring (bicyclic) bond motifs is 1. The van der Waals surface area contributed by atoms with Crippen molar-refractivity contribution in [2.75, 3.05) is 26.7 Å². The molecule has 0 spiro atoms. The Morgan fingerprint density at radius 3 is 2.11 bits per heavy atom. The van der Waals surface area contributed by atoms with E-state index in [-0.39, 0.29) is 6.10 Å². The molecular weight excluding hydrogens is 432 g/mol. The van der Waals surface area contributed by atoms with Crippen LogP contribution >= 0.6 is 0 Å². The summed E-state index contributed by atoms with van der Waals surface area (Å²) >= 11 is 0. The average molecular weight is 471 g/mol. The molecule has 0 aliphatic carbocycles. The minimum absolute atomic E-state index is 0.126. The number of methoxy groups -OCH3 is 1. The van der Waals surface area contributed by atoms with Crippen molar-refractivity contribution >= 4 is 0 Å². The number of hydrogen-bond donors (Lipinski definition) is 0. The molecule has 2 fully saturated rings. The maximum absolute atomic E-state index is 6.21. The first kappa shape index (κ1) is 23.9. The van der Waals surface area contributed by atoms with E-state index in [4.69, 9.17) is 9.47 Å². The van der Waals surface area contributed by atoms with Crippen LogP contribution in [0.3, 0.4) is 0 Å². The Morgan fingerprint density at radius 2 is 1.49 bits per heavy atom. The summed E-state index contributed by atoms with van der Waals surface area (Å²) in [7, 11) is 1.76. The molecule has 4 nitrogen and oxygen atoms in total. The van der Waals surface area contributed by atoms with Gasteiger partial charge in [0.1, 0.15) is 11.5 Å². The maximum Gasteiger partial charge on any atom is 0.127 e. The van der Waals surface area contributed by atoms with Crippen LogP contribution in [0, 0.1) is 0 Å². The molecule has 3 aromatic rings. The first-order valence-corrected chi connectivity index (χ1v) is 13.0. The lowest BCUT2D eigenvalue weighted by molar-refractivity contribution is 0.0374. The van der Waals surface area contributed by atoms with Crippen LogP contribution in [0.25, 0.3) is 0 Å². The van der Waals surface area contributed by atoms with Gasteiger partial charge in [0.15, 0.2) is 0 Å². The van der Waals surface area contributed by atoms with Crippen molar-refractivity contribution in [3.05, 3.63) is 95.6 Å². The highest BCUT2D eigenvalue weighted by molar-refractivity contribution is 5.45. The Bertz CT molecular complexity index is 1050. The molecule has 0 bridgehead atoms. The molecule has 2 aliphatic rings. The van der Waals surface area contributed by atoms with Crippen molar-refractivity contribution in [3.63, 3.8) is 0 Å². The van der Waals surface area contributed by atoms with Crippen molar-refractivity contribution in [2.24, 2.45) is 0 Å². The summed E-state index contributed by atoms with van der Waals surface area (Å²) in [6, 6.07) is 29.3. The predicted molar refractivity (Wildman–Crippen MR) is 142 cm³/mol. The SMILES string of the molecule is COc1cccc(OC(C)C)c1CN1CC(C(c2ccccc2)c2ccccc2)N2CCC[C@H]2C1. The Hall–Kier alpha value is -2.82. The fourth-order valence-electron chi connectivity index (χ4n) is 6.10. The van der Waals surface area contributed by atoms with E-state index in [0.717, 1.165) is 36.7 Å². The van der Waals surface area contributed by atoms with Gasteiger partial charge >= 0.3 is 0 Å². The molecule has 0 aromatic heterocycles. The van der Waals surface area contributed by atoms with Crippen molar-refractivity contribution in [1.82, 2.24) is 9.80 Å². The summed E-state index contributed by atoms with van der Waals surface area (Å²) < 4.78 is 12.0. The molecule has 35 heavy (non-hydrogen) atoms. The zero-order valence-electron chi connectivity index (χ0n) is 21.3. The van der Waals surface area contributed by atoms with Crippen molar-refractivity contribution in [3.8, 4) is 11.5 Å². The average Bonchev–Trinajstić information content (AvgIpc) is 3.35. The second-order valence-corrected chi connectivity index (χ2v) is 10.2. The van der Waals surface area contributed by atoms with Gasteiger partial charge in [-0.05, 0) is 56.5 Å². The molecule has 4 heteroatoms. The molecule has 2 heterocycles. The second kappa shape index (κ2) is 10.8. The van der Waals surface area contributed by atoms with Crippen LogP contribution in [-0.2, 0) is 6.54 Å². The van der Waals surface area contributed by atoms with Gasteiger partial charge in [-0.1, -0.05) is 66.7 Å². The van der Waals surface area contributed by atoms with Gasteiger partial charge in [-0.2, -0.15) is 0 Å². The largest absolute Gasteiger partial charge is 0.496 e. The first-order valence-electron chi connectivity index (χ1n) is 13.0. The quantitative estimate of drug-likeness (QED) is 0.405. The summed E-state index contributed by atoms with van der Waals surface area (Å²) in [5.41, 5.74) is 3.96. The minimum Gasteiger partial charge on any atom is -0.496 e. The van der Waals surface area contributed by atoms with E-state index >= 15 is 0 Å². The topological polar surface area (TPSA) is 24.9 Å². The summed E-state index contributed by atoms with van der Waals surface area (Å²) in [4.78, 5) is 5.44. The van der Waals surface area contributed by atoms with Crippen molar-refractivity contribution < 1.29 is 9.47 Å². The smallest absolute Gasteiger partial charge is 0.127 e. The highest BCUT2D eigenvalue weighted by atomic mass is 16.5. The molecule has 0 N–H and O–H groups in total. The maximum atomic E-state index is 6.21. The standard InChI is InChI=1S/C31H38N2O2/c1-23(2)35-30-18-10-17-29(34-3)27(30)21-32-20-26-16-11-19-33(26)28(22-32)31(24-12-6-4-7-13-24)25-14-8-5-9-15-25/h4-10,12-15,17-18,23,26,28,31H,11,16,19-22H2,1-3H3/t26-,28?/m0/s1. The molecule has 3 aromatic carbocycles. The van der Waals surface area contributed by atoms with Crippen LogP contribution in [0.4, 0.5) is 0 Å². The minimum atomic E-state index is 0.126. The lowest BCUT2D eigenvalue weighted by Gasteiger charge is -2.47. The Labute approximate surface area is 210 Å². The van der Waals surface area contributed by atoms with Crippen LogP contribution in [0.1, 0.15) is 49.3 Å². The van der Waals surface area contributed by atoms with Crippen LogP contribution in [0.15, 0.2) is 78.9 Å². The lowest BCUT2D eigenvalue weighted by atomic mass is 9.82. The molecule has 184 valence electrons. The van der Waals surface area contributed by atoms with Crippen LogP contribution in [-0.4, -0.2) is 54.7 Å². The number of hydrogen-bond acceptors (Lipinski definition) is 4. The van der Waals surface area contributed by atoms with Gasteiger partial charge in [0.25, 0.3) is 0 Å². The van der Waals surface area contributed by atoms with Gasteiger partial charge in [-0.15, -0.1) is 0 Å². The monoisotopic (exact) mass is 470 g/mol. The van der Waals surface area contributed by atoms with Crippen LogP contribution in [0.5, 0.6) is 11.5 Å². The van der Waals surface area contributed by atoms with Gasteiger partial charge in [-0.25, -0.2) is 0 Å². The van der Waals surface area contributed by atoms with E-state index < -0.39 is 0 Å². The highest BCUT2D eigenvalue weighted by Crippen LogP contribution is 2.39. The molecular formula is C31H38N2O2. The summed E-state index contributed by atoms with van der Waals surface area (Å²) in [6.45, 7) is 8.30. The number of rotatable bonds is 8. The summed E-state index contributed by atoms with van der Waals surface area (Å²) in [6.07, 6.45) is 2.67. The fraction of sp³-hybridized carbons (Fsp3) is 0.419. The van der Waals surface area contributed by atoms with Crippen LogP contribution < -0.4 is 9.47 Å². The number of nitrogens with zero attached hydrogens (tertiary/aromatic N) is 2. The van der Waals surface area contributed by atoms with Crippen LogP contribution in [0.2, 0.25) is 0 Å². The van der Waals surface area contributed by atoms with E-state index in [2.05, 4.69) is 96.4 Å². The predicted octanol–water partition coefficient (Wildman–Crippen LogP) is 5.96. The zero-order chi connectivity index (χ0) is 24.2. The highest BCUT2D eigenvalue weighted by Gasteiger charge is 2.42. The third kappa shape index (κ3) is 5.24. The van der Waals surface area contributed by atoms with Crippen molar-refractivity contribution in [2.45, 2.75) is 57.3 Å². The normalized spacial score (nSPS) is 20.8. The van der Waals surface area contributed by atoms with E-state index in [1.165, 1.54) is 30.5 Å². The molecule has 0 amide bonds. The van der Waals surface area contributed by atoms with E-state index in [1.54, 1.807) is 7.11 Å². The zero-order valence-corrected chi connectivity index (χ0v) is 21.3. The van der Waals surface area contributed by atoms with Gasteiger partial charge in [0.2, 0.25) is 0 Å². The van der Waals surface area contributed by atoms with Gasteiger partial charge in [0, 0.05) is 37.6 Å². The Kier molecular flexibility index (Phi) is 7.40. The van der Waals surface area contributed by atoms with Gasteiger partial charge in [0.05, 0.1) is 18.8 Å². The Morgan fingerprint density at radius 1 is 0.829 bits per heavy atom. The van der Waals surface area contributed by atoms with E-state index in [0.29, 0.717) is 18.0 Å². The third-order valence-corrected chi connectivity index (χ3v) is 7.52. The number of benzene rings is 3. The lowest BCUT2D eigenvalue weighted by Crippen LogP contribution is -2.57.